The third kappa shape index (κ3) is 4.10. The minimum absolute atomic E-state index is 0.0713. The number of carbonyl (C=O) groups is 2. The standard InChI is InChI=1S/C12H11N3O7/c1-2-3-10(12(17)18)13-11(16)7-4-8(14(19)20)6-9(5-7)15(21)22/h2,4-6,10H,1,3H2,(H,13,16)(H,17,18)/t10-/m0/s1. The fraction of sp³-hybridized carbons (Fsp3) is 0.167. The molecule has 0 radical (unpaired) electrons. The highest BCUT2D eigenvalue weighted by molar-refractivity contribution is 5.97. The van der Waals surface area contributed by atoms with Gasteiger partial charge in [0.25, 0.3) is 17.3 Å². The second-order valence-electron chi connectivity index (χ2n) is 4.14. The van der Waals surface area contributed by atoms with Crippen molar-refractivity contribution >= 4 is 23.3 Å². The summed E-state index contributed by atoms with van der Waals surface area (Å²) >= 11 is 0. The lowest BCUT2D eigenvalue weighted by atomic mass is 10.1. The molecule has 1 rings (SSSR count). The van der Waals surface area contributed by atoms with E-state index < -0.39 is 39.1 Å². The Hall–Kier alpha value is -3.30. The zero-order valence-corrected chi connectivity index (χ0v) is 11.1. The first-order valence-corrected chi connectivity index (χ1v) is 5.84. The molecule has 1 atom stereocenters. The molecule has 116 valence electrons. The summed E-state index contributed by atoms with van der Waals surface area (Å²) < 4.78 is 0. The van der Waals surface area contributed by atoms with E-state index >= 15 is 0 Å². The zero-order valence-electron chi connectivity index (χ0n) is 11.1. The van der Waals surface area contributed by atoms with E-state index in [0.717, 1.165) is 12.1 Å². The number of hydrogen-bond donors (Lipinski definition) is 2. The molecule has 0 aliphatic carbocycles. The Morgan fingerprint density at radius 3 is 2.09 bits per heavy atom. The van der Waals surface area contributed by atoms with Crippen LogP contribution in [0.5, 0.6) is 0 Å². The molecule has 0 aliphatic rings. The predicted molar refractivity (Wildman–Crippen MR) is 73.5 cm³/mol. The van der Waals surface area contributed by atoms with Gasteiger partial charge in [-0.05, 0) is 6.42 Å². The van der Waals surface area contributed by atoms with Crippen molar-refractivity contribution < 1.29 is 24.5 Å². The number of aliphatic carboxylic acids is 1. The van der Waals surface area contributed by atoms with Crippen LogP contribution in [0.1, 0.15) is 16.8 Å². The van der Waals surface area contributed by atoms with E-state index in [9.17, 15) is 29.8 Å². The molecule has 0 bridgehead atoms. The first kappa shape index (κ1) is 16.8. The Labute approximate surface area is 123 Å². The fourth-order valence-electron chi connectivity index (χ4n) is 1.57. The molecule has 10 heteroatoms. The fourth-order valence-corrected chi connectivity index (χ4v) is 1.57. The van der Waals surface area contributed by atoms with Crippen molar-refractivity contribution in [2.24, 2.45) is 0 Å². The molecule has 0 spiro atoms. The summed E-state index contributed by atoms with van der Waals surface area (Å²) in [6.07, 6.45) is 1.20. The highest BCUT2D eigenvalue weighted by atomic mass is 16.6. The summed E-state index contributed by atoms with van der Waals surface area (Å²) in [4.78, 5) is 42.5. The van der Waals surface area contributed by atoms with Gasteiger partial charge in [-0.15, -0.1) is 6.58 Å². The monoisotopic (exact) mass is 309 g/mol. The molecule has 22 heavy (non-hydrogen) atoms. The smallest absolute Gasteiger partial charge is 0.326 e. The van der Waals surface area contributed by atoms with Crippen LogP contribution in [0.2, 0.25) is 0 Å². The Bertz CT molecular complexity index is 624. The average Bonchev–Trinajstić information content (AvgIpc) is 2.45. The van der Waals surface area contributed by atoms with Crippen LogP contribution in [0, 0.1) is 20.2 Å². The molecule has 0 saturated carbocycles. The Morgan fingerprint density at radius 1 is 1.23 bits per heavy atom. The van der Waals surface area contributed by atoms with E-state index in [4.69, 9.17) is 5.11 Å². The molecule has 0 fully saturated rings. The Morgan fingerprint density at radius 2 is 1.73 bits per heavy atom. The first-order valence-electron chi connectivity index (χ1n) is 5.84. The van der Waals surface area contributed by atoms with Crippen LogP contribution in [-0.2, 0) is 4.79 Å². The van der Waals surface area contributed by atoms with Gasteiger partial charge in [-0.3, -0.25) is 25.0 Å². The number of hydrogen-bond acceptors (Lipinski definition) is 6. The van der Waals surface area contributed by atoms with Crippen LogP contribution in [0.3, 0.4) is 0 Å². The number of nitro benzene ring substituents is 2. The summed E-state index contributed by atoms with van der Waals surface area (Å²) in [6, 6.07) is 1.07. The largest absolute Gasteiger partial charge is 0.480 e. The number of benzene rings is 1. The number of rotatable bonds is 7. The number of carboxylic acid groups (broad SMARTS) is 1. The van der Waals surface area contributed by atoms with Gasteiger partial charge in [-0.2, -0.15) is 0 Å². The van der Waals surface area contributed by atoms with E-state index in [0.29, 0.717) is 6.07 Å². The van der Waals surface area contributed by atoms with Crippen LogP contribution < -0.4 is 5.32 Å². The number of carboxylic acids is 1. The van der Waals surface area contributed by atoms with Crippen molar-refractivity contribution in [2.45, 2.75) is 12.5 Å². The third-order valence-electron chi connectivity index (χ3n) is 2.59. The second kappa shape index (κ2) is 6.92. The molecule has 1 amide bonds. The number of nitrogens with one attached hydrogen (secondary N) is 1. The molecule has 10 nitrogen and oxygen atoms in total. The summed E-state index contributed by atoms with van der Waals surface area (Å²) in [5.41, 5.74) is -1.67. The highest BCUT2D eigenvalue weighted by Gasteiger charge is 2.23. The van der Waals surface area contributed by atoms with E-state index in [1.54, 1.807) is 0 Å². The number of amides is 1. The van der Waals surface area contributed by atoms with Crippen LogP contribution >= 0.6 is 0 Å². The lowest BCUT2D eigenvalue weighted by molar-refractivity contribution is -0.394. The van der Waals surface area contributed by atoms with E-state index in [1.165, 1.54) is 6.08 Å². The zero-order chi connectivity index (χ0) is 16.9. The molecule has 0 unspecified atom stereocenters. The van der Waals surface area contributed by atoms with Gasteiger partial charge in [0.2, 0.25) is 0 Å². The van der Waals surface area contributed by atoms with E-state index in [-0.39, 0.29) is 12.0 Å². The van der Waals surface area contributed by atoms with Crippen molar-refractivity contribution in [1.82, 2.24) is 5.32 Å². The molecular weight excluding hydrogens is 298 g/mol. The summed E-state index contributed by atoms with van der Waals surface area (Å²) in [5.74, 6) is -2.30. The maximum absolute atomic E-state index is 11.9. The number of carbonyl (C=O) groups excluding carboxylic acids is 1. The molecule has 1 aromatic rings. The maximum atomic E-state index is 11.9. The van der Waals surface area contributed by atoms with Crippen molar-refractivity contribution in [3.63, 3.8) is 0 Å². The lowest BCUT2D eigenvalue weighted by Gasteiger charge is -2.12. The maximum Gasteiger partial charge on any atom is 0.326 e. The van der Waals surface area contributed by atoms with Crippen LogP contribution in [0.25, 0.3) is 0 Å². The number of non-ortho nitro benzene ring substituents is 2. The van der Waals surface area contributed by atoms with E-state index in [2.05, 4.69) is 11.9 Å². The van der Waals surface area contributed by atoms with Gasteiger partial charge in [-0.25, -0.2) is 4.79 Å². The number of nitrogens with zero attached hydrogens (tertiary/aromatic N) is 2. The summed E-state index contributed by atoms with van der Waals surface area (Å²) in [5, 5.41) is 32.5. The van der Waals surface area contributed by atoms with Crippen molar-refractivity contribution in [2.75, 3.05) is 0 Å². The molecule has 0 aliphatic heterocycles. The van der Waals surface area contributed by atoms with Gasteiger partial charge in [0, 0.05) is 12.1 Å². The minimum atomic E-state index is -1.33. The van der Waals surface area contributed by atoms with Crippen molar-refractivity contribution in [1.29, 1.82) is 0 Å². The Kier molecular flexibility index (Phi) is 5.27. The second-order valence-corrected chi connectivity index (χ2v) is 4.14. The average molecular weight is 309 g/mol. The molecular formula is C12H11N3O7. The SMILES string of the molecule is C=CC[C@H](NC(=O)c1cc([N+](=O)[O-])cc([N+](=O)[O-])c1)C(=O)O. The van der Waals surface area contributed by atoms with Crippen LogP contribution in [0.4, 0.5) is 11.4 Å². The summed E-state index contributed by atoms with van der Waals surface area (Å²) in [6.45, 7) is 3.34. The quantitative estimate of drug-likeness (QED) is 0.436. The normalized spacial score (nSPS) is 11.3. The topological polar surface area (TPSA) is 153 Å². The van der Waals surface area contributed by atoms with Gasteiger partial charge >= 0.3 is 5.97 Å². The van der Waals surface area contributed by atoms with Crippen molar-refractivity contribution in [3.05, 3.63) is 56.6 Å². The van der Waals surface area contributed by atoms with E-state index in [1.807, 2.05) is 0 Å². The predicted octanol–water partition coefficient (Wildman–Crippen LogP) is 1.26. The lowest BCUT2D eigenvalue weighted by Crippen LogP contribution is -2.40. The third-order valence-corrected chi connectivity index (χ3v) is 2.59. The molecule has 0 saturated heterocycles. The van der Waals surface area contributed by atoms with Gasteiger partial charge in [0.05, 0.1) is 21.5 Å². The molecule has 0 aromatic heterocycles. The summed E-state index contributed by atoms with van der Waals surface area (Å²) in [7, 11) is 0. The molecule has 1 aromatic carbocycles. The van der Waals surface area contributed by atoms with Crippen LogP contribution in [0.15, 0.2) is 30.9 Å². The molecule has 0 heterocycles. The molecule has 2 N–H and O–H groups in total. The minimum Gasteiger partial charge on any atom is -0.480 e. The van der Waals surface area contributed by atoms with Gasteiger partial charge < -0.3 is 10.4 Å². The highest BCUT2D eigenvalue weighted by Crippen LogP contribution is 2.22. The first-order chi connectivity index (χ1) is 10.3. The van der Waals surface area contributed by atoms with Gasteiger partial charge in [0.1, 0.15) is 6.04 Å². The van der Waals surface area contributed by atoms with Crippen LogP contribution in [-0.4, -0.2) is 32.9 Å². The number of nitro groups is 2. The van der Waals surface area contributed by atoms with Gasteiger partial charge in [-0.1, -0.05) is 6.08 Å². The van der Waals surface area contributed by atoms with Gasteiger partial charge in [0.15, 0.2) is 0 Å². The van der Waals surface area contributed by atoms with Crippen molar-refractivity contribution in [3.8, 4) is 0 Å². The Balaban J connectivity index is 3.16.